The lowest BCUT2D eigenvalue weighted by Gasteiger charge is -2.31. The molecule has 2 amide bonds. The van der Waals surface area contributed by atoms with Crippen LogP contribution in [-0.4, -0.2) is 40.8 Å². The zero-order valence-electron chi connectivity index (χ0n) is 15.5. The first-order chi connectivity index (χ1) is 13.5. The topological polar surface area (TPSA) is 71.0 Å². The molecule has 6 nitrogen and oxygen atoms in total. The fourth-order valence-corrected chi connectivity index (χ4v) is 3.89. The lowest BCUT2D eigenvalue weighted by atomic mass is 10.2. The molecule has 3 rings (SSSR count). The summed E-state index contributed by atoms with van der Waals surface area (Å²) in [7, 11) is 1.55. The molecule has 0 aliphatic carbocycles. The number of hydrogen-bond acceptors (Lipinski definition) is 5. The van der Waals surface area contributed by atoms with Crippen molar-refractivity contribution in [2.45, 2.75) is 18.6 Å². The molecule has 0 spiro atoms. The van der Waals surface area contributed by atoms with Crippen molar-refractivity contribution in [3.8, 4) is 5.75 Å². The number of para-hydroxylation sites is 2. The van der Waals surface area contributed by atoms with Crippen molar-refractivity contribution in [1.29, 1.82) is 0 Å². The Kier molecular flexibility index (Phi) is 6.30. The molecule has 0 bridgehead atoms. The standard InChI is InChI=1S/C20H20FN3O3S/c1-3-24-18(25)12-17(19(26)22-14-10-8-13(21)9-11-14)28-20(24)23-15-6-4-5-7-16(15)27-2/h4-11,17H,3,12H2,1-2H3,(H,22,26)/t17-/m1/s1. The molecule has 2 aromatic rings. The molecule has 1 aliphatic rings. The number of halogens is 1. The van der Waals surface area contributed by atoms with Crippen molar-refractivity contribution in [3.05, 3.63) is 54.3 Å². The van der Waals surface area contributed by atoms with Crippen LogP contribution in [0.1, 0.15) is 13.3 Å². The molecule has 1 atom stereocenters. The van der Waals surface area contributed by atoms with Gasteiger partial charge in [-0.25, -0.2) is 9.38 Å². The minimum Gasteiger partial charge on any atom is -0.494 e. The maximum absolute atomic E-state index is 13.0. The predicted octanol–water partition coefficient (Wildman–Crippen LogP) is 3.81. The maximum Gasteiger partial charge on any atom is 0.238 e. The van der Waals surface area contributed by atoms with Gasteiger partial charge >= 0.3 is 0 Å². The summed E-state index contributed by atoms with van der Waals surface area (Å²) in [6.45, 7) is 2.31. The SMILES string of the molecule is CCN1C(=O)C[C@H](C(=O)Nc2ccc(F)cc2)SC1=Nc1ccccc1OC. The average molecular weight is 401 g/mol. The number of nitrogens with one attached hydrogen (secondary N) is 1. The molecule has 1 fully saturated rings. The summed E-state index contributed by atoms with van der Waals surface area (Å²) in [5.41, 5.74) is 1.05. The number of hydrogen-bond donors (Lipinski definition) is 1. The van der Waals surface area contributed by atoms with Crippen molar-refractivity contribution < 1.29 is 18.7 Å². The number of carbonyl (C=O) groups excluding carboxylic acids is 2. The summed E-state index contributed by atoms with van der Waals surface area (Å²) in [5, 5.41) is 2.54. The number of benzene rings is 2. The van der Waals surface area contributed by atoms with Crippen LogP contribution in [0.15, 0.2) is 53.5 Å². The van der Waals surface area contributed by atoms with E-state index in [-0.39, 0.29) is 24.1 Å². The van der Waals surface area contributed by atoms with E-state index in [2.05, 4.69) is 10.3 Å². The quantitative estimate of drug-likeness (QED) is 0.827. The van der Waals surface area contributed by atoms with Crippen molar-refractivity contribution in [1.82, 2.24) is 4.90 Å². The highest BCUT2D eigenvalue weighted by Gasteiger charge is 2.35. The van der Waals surface area contributed by atoms with Gasteiger partial charge in [-0.2, -0.15) is 0 Å². The lowest BCUT2D eigenvalue weighted by Crippen LogP contribution is -2.45. The zero-order chi connectivity index (χ0) is 20.1. The fraction of sp³-hybridized carbons (Fsp3) is 0.250. The van der Waals surface area contributed by atoms with Crippen LogP contribution in [0.5, 0.6) is 5.75 Å². The number of ether oxygens (including phenoxy) is 1. The average Bonchev–Trinajstić information content (AvgIpc) is 2.70. The first-order valence-electron chi connectivity index (χ1n) is 8.77. The fourth-order valence-electron chi connectivity index (χ4n) is 2.73. The third kappa shape index (κ3) is 4.51. The minimum absolute atomic E-state index is 0.0660. The summed E-state index contributed by atoms with van der Waals surface area (Å²) in [6, 6.07) is 12.7. The number of thioether (sulfide) groups is 1. The van der Waals surface area contributed by atoms with Gasteiger partial charge in [0.1, 0.15) is 22.5 Å². The first kappa shape index (κ1) is 19.9. The number of rotatable bonds is 5. The molecule has 1 aliphatic heterocycles. The third-order valence-electron chi connectivity index (χ3n) is 4.16. The van der Waals surface area contributed by atoms with E-state index in [9.17, 15) is 14.0 Å². The number of aliphatic imine (C=N–C) groups is 1. The Balaban J connectivity index is 1.83. The van der Waals surface area contributed by atoms with Crippen LogP contribution in [-0.2, 0) is 9.59 Å². The summed E-state index contributed by atoms with van der Waals surface area (Å²) >= 11 is 1.23. The largest absolute Gasteiger partial charge is 0.494 e. The van der Waals surface area contributed by atoms with E-state index in [4.69, 9.17) is 4.74 Å². The van der Waals surface area contributed by atoms with Gasteiger partial charge in [0.15, 0.2) is 5.17 Å². The minimum atomic E-state index is -0.631. The van der Waals surface area contributed by atoms with Crippen LogP contribution in [0, 0.1) is 5.82 Å². The van der Waals surface area contributed by atoms with Crippen LogP contribution in [0.3, 0.4) is 0 Å². The van der Waals surface area contributed by atoms with Gasteiger partial charge < -0.3 is 10.1 Å². The van der Waals surface area contributed by atoms with E-state index in [0.29, 0.717) is 28.8 Å². The van der Waals surface area contributed by atoms with Gasteiger partial charge in [-0.05, 0) is 43.3 Å². The van der Waals surface area contributed by atoms with Crippen molar-refractivity contribution >= 4 is 40.1 Å². The molecule has 146 valence electrons. The highest BCUT2D eigenvalue weighted by Crippen LogP contribution is 2.33. The van der Waals surface area contributed by atoms with E-state index in [0.717, 1.165) is 0 Å². The van der Waals surface area contributed by atoms with E-state index in [1.54, 1.807) is 24.1 Å². The van der Waals surface area contributed by atoms with Gasteiger partial charge in [0.2, 0.25) is 11.8 Å². The Morgan fingerprint density at radius 1 is 1.29 bits per heavy atom. The monoisotopic (exact) mass is 401 g/mol. The Bertz CT molecular complexity index is 902. The molecular formula is C20H20FN3O3S. The molecule has 0 unspecified atom stereocenters. The summed E-state index contributed by atoms with van der Waals surface area (Å²) < 4.78 is 18.4. The third-order valence-corrected chi connectivity index (χ3v) is 5.35. The summed E-state index contributed by atoms with van der Waals surface area (Å²) in [6.07, 6.45) is 0.0660. The molecule has 2 aromatic carbocycles. The summed E-state index contributed by atoms with van der Waals surface area (Å²) in [4.78, 5) is 31.3. The van der Waals surface area contributed by atoms with Crippen molar-refractivity contribution in [2.75, 3.05) is 19.0 Å². The van der Waals surface area contributed by atoms with Crippen LogP contribution < -0.4 is 10.1 Å². The molecule has 0 radical (unpaired) electrons. The van der Waals surface area contributed by atoms with Crippen LogP contribution >= 0.6 is 11.8 Å². The molecule has 8 heteroatoms. The van der Waals surface area contributed by atoms with Crippen LogP contribution in [0.2, 0.25) is 0 Å². The normalized spacial score (nSPS) is 18.2. The summed E-state index contributed by atoms with van der Waals surface area (Å²) in [5.74, 6) is -0.301. The Morgan fingerprint density at radius 3 is 2.68 bits per heavy atom. The van der Waals surface area contributed by atoms with Gasteiger partial charge in [-0.3, -0.25) is 14.5 Å². The highest BCUT2D eigenvalue weighted by molar-refractivity contribution is 8.15. The van der Waals surface area contributed by atoms with E-state index < -0.39 is 5.25 Å². The van der Waals surface area contributed by atoms with Crippen molar-refractivity contribution in [3.63, 3.8) is 0 Å². The Labute approximate surface area is 166 Å². The smallest absolute Gasteiger partial charge is 0.238 e. The number of amidine groups is 1. The lowest BCUT2D eigenvalue weighted by molar-refractivity contribution is -0.129. The Morgan fingerprint density at radius 2 is 2.00 bits per heavy atom. The highest BCUT2D eigenvalue weighted by atomic mass is 32.2. The molecule has 1 N–H and O–H groups in total. The zero-order valence-corrected chi connectivity index (χ0v) is 16.3. The molecule has 0 saturated carbocycles. The van der Waals surface area contributed by atoms with Crippen LogP contribution in [0.25, 0.3) is 0 Å². The second kappa shape index (κ2) is 8.88. The Hall–Kier alpha value is -2.87. The molecule has 1 heterocycles. The van der Waals surface area contributed by atoms with E-state index >= 15 is 0 Å². The molecule has 28 heavy (non-hydrogen) atoms. The molecule has 0 aromatic heterocycles. The second-order valence-corrected chi connectivity index (χ2v) is 7.18. The maximum atomic E-state index is 13.0. The predicted molar refractivity (Wildman–Crippen MR) is 109 cm³/mol. The van der Waals surface area contributed by atoms with Gasteiger partial charge in [0.05, 0.1) is 7.11 Å². The number of anilines is 1. The van der Waals surface area contributed by atoms with Gasteiger partial charge in [-0.1, -0.05) is 23.9 Å². The second-order valence-electron chi connectivity index (χ2n) is 6.01. The van der Waals surface area contributed by atoms with Gasteiger partial charge in [0, 0.05) is 18.7 Å². The molecule has 1 saturated heterocycles. The number of carbonyl (C=O) groups is 2. The number of nitrogens with zero attached hydrogens (tertiary/aromatic N) is 2. The van der Waals surface area contributed by atoms with E-state index in [1.807, 2.05) is 19.1 Å². The number of amides is 2. The van der Waals surface area contributed by atoms with Gasteiger partial charge in [0.25, 0.3) is 0 Å². The van der Waals surface area contributed by atoms with Crippen molar-refractivity contribution in [2.24, 2.45) is 4.99 Å². The first-order valence-corrected chi connectivity index (χ1v) is 9.65. The number of methoxy groups -OCH3 is 1. The molecular weight excluding hydrogens is 381 g/mol. The van der Waals surface area contributed by atoms with Gasteiger partial charge in [-0.15, -0.1) is 0 Å². The van der Waals surface area contributed by atoms with E-state index in [1.165, 1.54) is 36.0 Å². The van der Waals surface area contributed by atoms with Crippen LogP contribution in [0.4, 0.5) is 15.8 Å².